The van der Waals surface area contributed by atoms with Crippen LogP contribution in [-0.2, 0) is 8.85 Å². The molecule has 5 heteroatoms. The molecule has 0 fully saturated rings. The third-order valence-electron chi connectivity index (χ3n) is 9.12. The van der Waals surface area contributed by atoms with Gasteiger partial charge in [0.2, 0.25) is 16.6 Å². The fraction of sp³-hybridized carbons (Fsp3) is 0.486. The molecule has 0 saturated carbocycles. The zero-order valence-electron chi connectivity index (χ0n) is 26.8. The molecule has 0 saturated heterocycles. The lowest BCUT2D eigenvalue weighted by atomic mass is 9.95. The van der Waals surface area contributed by atoms with E-state index in [4.69, 9.17) is 8.85 Å². The molecule has 0 heterocycles. The first-order chi connectivity index (χ1) is 18.8. The van der Waals surface area contributed by atoms with E-state index in [0.29, 0.717) is 16.6 Å². The molecule has 218 valence electrons. The van der Waals surface area contributed by atoms with Crippen molar-refractivity contribution in [2.24, 2.45) is 0 Å². The Morgan fingerprint density at radius 3 is 1.75 bits per heavy atom. The van der Waals surface area contributed by atoms with Gasteiger partial charge >= 0.3 is 0 Å². The van der Waals surface area contributed by atoms with Crippen molar-refractivity contribution in [3.05, 3.63) is 97.1 Å². The summed E-state index contributed by atoms with van der Waals surface area (Å²) in [4.78, 5) is 0. The predicted octanol–water partition coefficient (Wildman–Crippen LogP) is 9.03. The highest BCUT2D eigenvalue weighted by Gasteiger charge is 2.49. The van der Waals surface area contributed by atoms with E-state index < -0.39 is 30.3 Å². The van der Waals surface area contributed by atoms with Crippen molar-refractivity contribution in [1.82, 2.24) is 0 Å². The second kappa shape index (κ2) is 13.5. The van der Waals surface area contributed by atoms with Gasteiger partial charge in [-0.15, -0.1) is 0 Å². The van der Waals surface area contributed by atoms with Gasteiger partial charge < -0.3 is 8.85 Å². The minimum absolute atomic E-state index is 0.162. The Morgan fingerprint density at radius 1 is 0.750 bits per heavy atom. The van der Waals surface area contributed by atoms with Gasteiger partial charge in [0.05, 0.1) is 5.60 Å². The third-order valence-corrected chi connectivity index (χ3v) is 21.9. The summed E-state index contributed by atoms with van der Waals surface area (Å²) in [6.45, 7) is 23.9. The van der Waals surface area contributed by atoms with E-state index in [0.717, 1.165) is 12.8 Å². The van der Waals surface area contributed by atoms with Crippen molar-refractivity contribution in [1.29, 1.82) is 0 Å². The average molecular weight is 591 g/mol. The molecule has 2 aromatic rings. The Kier molecular flexibility index (Phi) is 11.0. The summed E-state index contributed by atoms with van der Waals surface area (Å²) < 4.78 is 14.7. The second-order valence-electron chi connectivity index (χ2n) is 13.6. The Morgan fingerprint density at radius 2 is 1.27 bits per heavy atom. The maximum atomic E-state index is 7.47. The zero-order valence-corrected chi connectivity index (χ0v) is 29.8. The SMILES string of the molecule is CC(C)[Si](OC1(/C=C\CC(O[Si](C)(C)c2ccccc2)[Si](C)(C)c2ccccc2)C=CC=CC1)(C(C)C)C(C)C. The van der Waals surface area contributed by atoms with Crippen LogP contribution in [-0.4, -0.2) is 36.0 Å². The molecule has 0 N–H and O–H groups in total. The van der Waals surface area contributed by atoms with Gasteiger partial charge in [-0.2, -0.15) is 0 Å². The van der Waals surface area contributed by atoms with Crippen LogP contribution in [0.15, 0.2) is 97.1 Å². The summed E-state index contributed by atoms with van der Waals surface area (Å²) in [5.74, 6) is 0. The van der Waals surface area contributed by atoms with Crippen molar-refractivity contribution in [3.63, 3.8) is 0 Å². The molecule has 0 radical (unpaired) electrons. The minimum Gasteiger partial charge on any atom is -0.412 e. The van der Waals surface area contributed by atoms with Gasteiger partial charge in [0, 0.05) is 12.1 Å². The number of hydrogen-bond acceptors (Lipinski definition) is 2. The van der Waals surface area contributed by atoms with E-state index in [1.807, 2.05) is 0 Å². The summed E-state index contributed by atoms with van der Waals surface area (Å²) >= 11 is 0. The fourth-order valence-corrected chi connectivity index (χ4v) is 18.5. The molecular formula is C35H54O2Si3. The lowest BCUT2D eigenvalue weighted by Crippen LogP contribution is -2.59. The zero-order chi connectivity index (χ0) is 29.6. The maximum absolute atomic E-state index is 7.47. The van der Waals surface area contributed by atoms with E-state index in [1.165, 1.54) is 10.4 Å². The molecular weight excluding hydrogens is 537 g/mol. The monoisotopic (exact) mass is 590 g/mol. The molecule has 2 atom stereocenters. The highest BCUT2D eigenvalue weighted by molar-refractivity contribution is 6.92. The quantitative estimate of drug-likeness (QED) is 0.171. The molecule has 2 aromatic carbocycles. The number of benzene rings is 2. The van der Waals surface area contributed by atoms with Gasteiger partial charge in [-0.1, -0.05) is 151 Å². The standard InChI is InChI=1S/C35H54O2Si3/c1-29(2)40(30(3)4,31(5)6)37-35(26-18-13-19-27-35)28-20-25-34(38(7,8)32-21-14-11-15-22-32)36-39(9,10)33-23-16-12-17-24-33/h11-24,26,28-31,34H,25,27H2,1-10H3/b28-20-. The highest BCUT2D eigenvalue weighted by atomic mass is 28.4. The molecule has 3 rings (SSSR count). The minimum atomic E-state index is -2.13. The van der Waals surface area contributed by atoms with Gasteiger partial charge in [-0.3, -0.25) is 0 Å². The fourth-order valence-electron chi connectivity index (χ4n) is 6.73. The van der Waals surface area contributed by atoms with Gasteiger partial charge in [-0.05, 0) is 47.4 Å². The van der Waals surface area contributed by atoms with Crippen LogP contribution in [0.25, 0.3) is 0 Å². The van der Waals surface area contributed by atoms with Crippen LogP contribution in [0.4, 0.5) is 0 Å². The third kappa shape index (κ3) is 7.35. The molecule has 40 heavy (non-hydrogen) atoms. The lowest BCUT2D eigenvalue weighted by molar-refractivity contribution is 0.145. The largest absolute Gasteiger partial charge is 0.412 e. The van der Waals surface area contributed by atoms with E-state index >= 15 is 0 Å². The predicted molar refractivity (Wildman–Crippen MR) is 184 cm³/mol. The Hall–Kier alpha value is -1.77. The first-order valence-corrected chi connectivity index (χ1v) is 23.4. The molecule has 0 bridgehead atoms. The van der Waals surface area contributed by atoms with Crippen LogP contribution in [0.3, 0.4) is 0 Å². The summed E-state index contributed by atoms with van der Waals surface area (Å²) in [6.07, 6.45) is 15.4. The van der Waals surface area contributed by atoms with Gasteiger partial charge in [0.25, 0.3) is 0 Å². The molecule has 2 unspecified atom stereocenters. The number of allylic oxidation sites excluding steroid dienone is 2. The van der Waals surface area contributed by atoms with E-state index in [1.54, 1.807) is 0 Å². The summed E-state index contributed by atoms with van der Waals surface area (Å²) in [7, 11) is -6.18. The van der Waals surface area contributed by atoms with E-state index in [-0.39, 0.29) is 5.73 Å². The van der Waals surface area contributed by atoms with Crippen molar-refractivity contribution in [2.75, 3.05) is 0 Å². The van der Waals surface area contributed by atoms with Crippen LogP contribution < -0.4 is 10.4 Å². The summed E-state index contributed by atoms with van der Waals surface area (Å²) in [5.41, 5.74) is 1.38. The Bertz CT molecular complexity index is 1130. The molecule has 1 aliphatic carbocycles. The van der Waals surface area contributed by atoms with E-state index in [9.17, 15) is 0 Å². The molecule has 2 nitrogen and oxygen atoms in total. The molecule has 1 aliphatic rings. The highest BCUT2D eigenvalue weighted by Crippen LogP contribution is 2.46. The van der Waals surface area contributed by atoms with Crippen LogP contribution in [0.5, 0.6) is 0 Å². The summed E-state index contributed by atoms with van der Waals surface area (Å²) in [6, 6.07) is 21.9. The summed E-state index contributed by atoms with van der Waals surface area (Å²) in [5, 5.41) is 2.80. The van der Waals surface area contributed by atoms with Gasteiger partial charge in [0.1, 0.15) is 8.07 Å². The van der Waals surface area contributed by atoms with Crippen molar-refractivity contribution < 1.29 is 8.85 Å². The molecule has 0 aromatic heterocycles. The normalized spacial score (nSPS) is 19.3. The van der Waals surface area contributed by atoms with Crippen LogP contribution in [0, 0.1) is 0 Å². The second-order valence-corrected chi connectivity index (χ2v) is 27.4. The number of rotatable bonds is 13. The lowest BCUT2D eigenvalue weighted by Gasteiger charge is -2.48. The first kappa shape index (κ1) is 32.7. The van der Waals surface area contributed by atoms with Crippen molar-refractivity contribution >= 4 is 35.1 Å². The molecule has 0 spiro atoms. The smallest absolute Gasteiger partial charge is 0.218 e. The van der Waals surface area contributed by atoms with Crippen LogP contribution in [0.2, 0.25) is 42.8 Å². The number of hydrogen-bond donors (Lipinski definition) is 0. The van der Waals surface area contributed by atoms with Crippen molar-refractivity contribution in [3.8, 4) is 0 Å². The van der Waals surface area contributed by atoms with Gasteiger partial charge in [-0.25, -0.2) is 0 Å². The Labute approximate surface area is 248 Å². The van der Waals surface area contributed by atoms with Crippen molar-refractivity contribution in [2.45, 2.75) is 109 Å². The van der Waals surface area contributed by atoms with Crippen LogP contribution in [0.1, 0.15) is 54.4 Å². The molecule has 0 aliphatic heterocycles. The first-order valence-electron chi connectivity index (χ1n) is 15.3. The maximum Gasteiger partial charge on any atom is 0.218 e. The molecule has 0 amide bonds. The topological polar surface area (TPSA) is 18.5 Å². The average Bonchev–Trinajstić information content (AvgIpc) is 2.92. The Balaban J connectivity index is 1.98. The van der Waals surface area contributed by atoms with Crippen LogP contribution >= 0.6 is 0 Å². The van der Waals surface area contributed by atoms with E-state index in [2.05, 4.69) is 165 Å². The van der Waals surface area contributed by atoms with Gasteiger partial charge in [0.15, 0.2) is 0 Å².